The van der Waals surface area contributed by atoms with Gasteiger partial charge in [0.05, 0.1) is 0 Å². The van der Waals surface area contributed by atoms with Gasteiger partial charge in [-0.25, -0.2) is 4.68 Å². The molecule has 0 aromatic carbocycles. The summed E-state index contributed by atoms with van der Waals surface area (Å²) in [7, 11) is 1.54. The lowest BCUT2D eigenvalue weighted by Gasteiger charge is -1.83. The first-order chi connectivity index (χ1) is 3.70. The van der Waals surface area contributed by atoms with Gasteiger partial charge in [0.15, 0.2) is 0 Å². The van der Waals surface area contributed by atoms with Crippen LogP contribution in [0.5, 0.6) is 0 Å². The first-order valence-electron chi connectivity index (χ1n) is 2.05. The number of hydrogen-bond donors (Lipinski definition) is 0. The molecule has 0 N–H and O–H groups in total. The van der Waals surface area contributed by atoms with Crippen LogP contribution >= 0.6 is 15.9 Å². The Hall–Kier alpha value is -0.380. The molecule has 0 aliphatic rings. The van der Waals surface area contributed by atoms with E-state index in [1.165, 1.54) is 6.07 Å². The topological polar surface area (TPSA) is 17.8 Å². The predicted octanol–water partition coefficient (Wildman–Crippen LogP) is 1.32. The summed E-state index contributed by atoms with van der Waals surface area (Å²) in [5.74, 6) is -0.336. The summed E-state index contributed by atoms with van der Waals surface area (Å²) in [4.78, 5) is 0. The van der Waals surface area contributed by atoms with Crippen LogP contribution in [0.4, 0.5) is 4.39 Å². The molecule has 0 amide bonds. The Morgan fingerprint density at radius 3 is 2.62 bits per heavy atom. The summed E-state index contributed by atoms with van der Waals surface area (Å²) in [5.41, 5.74) is 0. The van der Waals surface area contributed by atoms with Gasteiger partial charge in [0.1, 0.15) is 4.60 Å². The first kappa shape index (κ1) is 5.75. The van der Waals surface area contributed by atoms with Crippen molar-refractivity contribution in [2.45, 2.75) is 0 Å². The highest BCUT2D eigenvalue weighted by Crippen LogP contribution is 2.06. The van der Waals surface area contributed by atoms with Gasteiger partial charge >= 0.3 is 0 Å². The Balaban J connectivity index is 3.14. The Bertz CT molecular complexity index is 176. The fraction of sp³-hybridized carbons (Fsp3) is 0.250. The Morgan fingerprint density at radius 1 is 1.88 bits per heavy atom. The number of aryl methyl sites for hydroxylation is 1. The van der Waals surface area contributed by atoms with E-state index in [0.717, 1.165) is 4.68 Å². The number of aromatic nitrogens is 2. The molecule has 0 saturated heterocycles. The maximum atomic E-state index is 12.2. The van der Waals surface area contributed by atoms with E-state index in [4.69, 9.17) is 0 Å². The number of halogens is 2. The molecule has 1 rings (SSSR count). The minimum absolute atomic E-state index is 0.336. The van der Waals surface area contributed by atoms with Gasteiger partial charge in [-0.15, -0.1) is 0 Å². The van der Waals surface area contributed by atoms with Crippen LogP contribution in [0.2, 0.25) is 0 Å². The summed E-state index contributed by atoms with van der Waals surface area (Å²) in [6.45, 7) is 0. The van der Waals surface area contributed by atoms with Crippen molar-refractivity contribution in [1.29, 1.82) is 0 Å². The van der Waals surface area contributed by atoms with Crippen LogP contribution in [0.15, 0.2) is 10.7 Å². The Labute approximate surface area is 54.4 Å². The molecule has 1 aromatic rings. The van der Waals surface area contributed by atoms with Crippen LogP contribution in [0.3, 0.4) is 0 Å². The van der Waals surface area contributed by atoms with Crippen LogP contribution in [0.25, 0.3) is 0 Å². The molecule has 8 heavy (non-hydrogen) atoms. The molecule has 0 atom stereocenters. The van der Waals surface area contributed by atoms with Crippen molar-refractivity contribution >= 4 is 15.9 Å². The van der Waals surface area contributed by atoms with Gasteiger partial charge in [-0.05, 0) is 15.9 Å². The molecule has 4 heteroatoms. The van der Waals surface area contributed by atoms with Gasteiger partial charge in [-0.3, -0.25) is 0 Å². The fourth-order valence-electron chi connectivity index (χ4n) is 0.412. The van der Waals surface area contributed by atoms with E-state index in [-0.39, 0.29) is 5.95 Å². The molecule has 0 radical (unpaired) electrons. The van der Waals surface area contributed by atoms with Crippen molar-refractivity contribution in [3.63, 3.8) is 0 Å². The van der Waals surface area contributed by atoms with E-state index in [0.29, 0.717) is 4.60 Å². The molecule has 0 unspecified atom stereocenters. The summed E-state index contributed by atoms with van der Waals surface area (Å²) < 4.78 is 13.9. The molecule has 44 valence electrons. The molecule has 0 saturated carbocycles. The maximum absolute atomic E-state index is 12.2. The van der Waals surface area contributed by atoms with Crippen molar-refractivity contribution in [2.75, 3.05) is 0 Å². The Kier molecular flexibility index (Phi) is 1.33. The van der Waals surface area contributed by atoms with Crippen LogP contribution < -0.4 is 0 Å². The molecule has 0 fully saturated rings. The molecule has 1 aromatic heterocycles. The normalized spacial score (nSPS) is 9.88. The zero-order chi connectivity index (χ0) is 6.15. The second kappa shape index (κ2) is 1.85. The number of nitrogens with zero attached hydrogens (tertiary/aromatic N) is 2. The molecule has 0 aliphatic carbocycles. The lowest BCUT2D eigenvalue weighted by atomic mass is 10.7. The third-order valence-electron chi connectivity index (χ3n) is 0.793. The number of rotatable bonds is 0. The molecule has 2 nitrogen and oxygen atoms in total. The monoisotopic (exact) mass is 178 g/mol. The second-order valence-electron chi connectivity index (χ2n) is 1.41. The third-order valence-corrected chi connectivity index (χ3v) is 1.18. The first-order valence-corrected chi connectivity index (χ1v) is 2.84. The molecule has 0 spiro atoms. The molecular formula is C4H4BrFN2. The smallest absolute Gasteiger partial charge is 0.212 e. The summed E-state index contributed by atoms with van der Waals surface area (Å²) in [6.07, 6.45) is 0. The van der Waals surface area contributed by atoms with Crippen molar-refractivity contribution in [1.82, 2.24) is 9.78 Å². The van der Waals surface area contributed by atoms with E-state index >= 15 is 0 Å². The van der Waals surface area contributed by atoms with E-state index in [9.17, 15) is 4.39 Å². The fourth-order valence-corrected chi connectivity index (χ4v) is 0.838. The van der Waals surface area contributed by atoms with Crippen LogP contribution in [-0.2, 0) is 7.05 Å². The summed E-state index contributed by atoms with van der Waals surface area (Å²) in [6, 6.07) is 1.31. The largest absolute Gasteiger partial charge is 0.242 e. The van der Waals surface area contributed by atoms with Crippen molar-refractivity contribution in [3.8, 4) is 0 Å². The van der Waals surface area contributed by atoms with Gasteiger partial charge in [-0.2, -0.15) is 9.49 Å². The SMILES string of the molecule is Cn1nc(Br)cc1F. The molecular weight excluding hydrogens is 175 g/mol. The Morgan fingerprint density at radius 2 is 2.50 bits per heavy atom. The lowest BCUT2D eigenvalue weighted by molar-refractivity contribution is 0.503. The van der Waals surface area contributed by atoms with Gasteiger partial charge in [0.25, 0.3) is 0 Å². The average molecular weight is 179 g/mol. The van der Waals surface area contributed by atoms with Crippen LogP contribution in [0.1, 0.15) is 0 Å². The molecule has 0 bridgehead atoms. The van der Waals surface area contributed by atoms with Gasteiger partial charge in [-0.1, -0.05) is 0 Å². The van der Waals surface area contributed by atoms with E-state index in [1.54, 1.807) is 7.05 Å². The highest BCUT2D eigenvalue weighted by atomic mass is 79.9. The average Bonchev–Trinajstić information content (AvgIpc) is 1.85. The highest BCUT2D eigenvalue weighted by Gasteiger charge is 1.97. The second-order valence-corrected chi connectivity index (χ2v) is 2.23. The minimum Gasteiger partial charge on any atom is -0.242 e. The molecule has 0 aliphatic heterocycles. The maximum Gasteiger partial charge on any atom is 0.212 e. The highest BCUT2D eigenvalue weighted by molar-refractivity contribution is 9.10. The van der Waals surface area contributed by atoms with E-state index < -0.39 is 0 Å². The van der Waals surface area contributed by atoms with Crippen molar-refractivity contribution < 1.29 is 4.39 Å². The zero-order valence-electron chi connectivity index (χ0n) is 4.23. The summed E-state index contributed by atoms with van der Waals surface area (Å²) >= 11 is 3.01. The standard InChI is InChI=1S/C4H4BrFN2/c1-8-4(6)2-3(5)7-8/h2H,1H3. The van der Waals surface area contributed by atoms with Gasteiger partial charge in [0.2, 0.25) is 5.95 Å². The predicted molar refractivity (Wildman–Crippen MR) is 30.9 cm³/mol. The molecule has 1 heterocycles. The van der Waals surface area contributed by atoms with Crippen LogP contribution in [-0.4, -0.2) is 9.78 Å². The lowest BCUT2D eigenvalue weighted by Crippen LogP contribution is -1.92. The third kappa shape index (κ3) is 0.888. The quantitative estimate of drug-likeness (QED) is 0.587. The van der Waals surface area contributed by atoms with Crippen molar-refractivity contribution in [3.05, 3.63) is 16.6 Å². The van der Waals surface area contributed by atoms with Crippen LogP contribution in [0, 0.1) is 5.95 Å². The van der Waals surface area contributed by atoms with E-state index in [2.05, 4.69) is 21.0 Å². The van der Waals surface area contributed by atoms with E-state index in [1.807, 2.05) is 0 Å². The summed E-state index contributed by atoms with van der Waals surface area (Å²) in [5, 5.41) is 3.67. The minimum atomic E-state index is -0.336. The van der Waals surface area contributed by atoms with Gasteiger partial charge in [0, 0.05) is 13.1 Å². The zero-order valence-corrected chi connectivity index (χ0v) is 5.81. The van der Waals surface area contributed by atoms with Crippen molar-refractivity contribution in [2.24, 2.45) is 7.05 Å². The number of hydrogen-bond acceptors (Lipinski definition) is 1. The van der Waals surface area contributed by atoms with Gasteiger partial charge < -0.3 is 0 Å².